The maximum Gasteiger partial charge on any atom is 0.326 e. The molecule has 0 saturated carbocycles. The molecule has 1 aromatic carbocycles. The third kappa shape index (κ3) is 13.4. The molecule has 12 N–H and O–H groups in total. The molecule has 1 rings (SSSR count). The smallest absolute Gasteiger partial charge is 0.326 e. The van der Waals surface area contributed by atoms with Gasteiger partial charge >= 0.3 is 11.9 Å². The second-order valence-corrected chi connectivity index (χ2v) is 9.50. The molecule has 4 atom stereocenters. The largest absolute Gasteiger partial charge is 0.508 e. The van der Waals surface area contributed by atoms with Gasteiger partial charge < -0.3 is 48.5 Å². The lowest BCUT2D eigenvalue weighted by atomic mass is 10.0. The minimum atomic E-state index is -1.51. The average Bonchev–Trinajstić information content (AvgIpc) is 2.90. The number of hydrogen-bond acceptors (Lipinski definition) is 9. The fourth-order valence-corrected chi connectivity index (χ4v) is 3.83. The highest BCUT2D eigenvalue weighted by Crippen LogP contribution is 2.13. The Morgan fingerprint density at radius 1 is 0.700 bits per heavy atom. The Balaban J connectivity index is 3.12. The van der Waals surface area contributed by atoms with E-state index in [9.17, 15) is 34.2 Å². The van der Waals surface area contributed by atoms with Gasteiger partial charge in [0.15, 0.2) is 0 Å². The van der Waals surface area contributed by atoms with Gasteiger partial charge in [-0.15, -0.1) is 0 Å². The van der Waals surface area contributed by atoms with Crippen molar-refractivity contribution >= 4 is 29.7 Å². The number of unbranched alkanes of at least 4 members (excludes halogenated alkanes) is 2. The van der Waals surface area contributed by atoms with Gasteiger partial charge in [-0.1, -0.05) is 18.6 Å². The van der Waals surface area contributed by atoms with Crippen LogP contribution < -0.4 is 33.2 Å². The van der Waals surface area contributed by atoms with Crippen LogP contribution in [0.2, 0.25) is 0 Å². The van der Waals surface area contributed by atoms with Crippen LogP contribution in [0.1, 0.15) is 56.9 Å². The molecule has 0 bridgehead atoms. The lowest BCUT2D eigenvalue weighted by Gasteiger charge is -2.25. The van der Waals surface area contributed by atoms with Crippen LogP contribution in [0.5, 0.6) is 5.75 Å². The maximum absolute atomic E-state index is 13.3. The van der Waals surface area contributed by atoms with Gasteiger partial charge in [-0.3, -0.25) is 19.2 Å². The fraction of sp³-hybridized carbons (Fsp3) is 0.577. The standard InChI is InChI=1S/C26H42N6O8/c27-13-3-1-5-18(29)23(36)30-19(6-2-4-14-28)24(37)32-21(15-16-7-9-17(33)10-8-16)25(38)31-20(26(39)40)11-12-22(34)35/h7-10,18-21,33H,1-6,11-15,27-29H2,(H,30,36)(H,31,38)(H,32,37)(H,34,35)(H,39,40). The van der Waals surface area contributed by atoms with Crippen LogP contribution in [-0.2, 0) is 30.4 Å². The van der Waals surface area contributed by atoms with Crippen molar-refractivity contribution in [2.24, 2.45) is 17.2 Å². The molecule has 3 amide bonds. The summed E-state index contributed by atoms with van der Waals surface area (Å²) in [6, 6.07) is 1.14. The average molecular weight is 567 g/mol. The Morgan fingerprint density at radius 2 is 1.23 bits per heavy atom. The summed E-state index contributed by atoms with van der Waals surface area (Å²) in [5.74, 6) is -4.75. The molecule has 40 heavy (non-hydrogen) atoms. The van der Waals surface area contributed by atoms with E-state index in [4.69, 9.17) is 22.3 Å². The van der Waals surface area contributed by atoms with E-state index in [1.54, 1.807) is 0 Å². The van der Waals surface area contributed by atoms with Gasteiger partial charge in [-0.2, -0.15) is 0 Å². The molecular weight excluding hydrogens is 524 g/mol. The van der Waals surface area contributed by atoms with Crippen molar-refractivity contribution in [2.45, 2.75) is 82.0 Å². The van der Waals surface area contributed by atoms with Crippen molar-refractivity contribution in [3.05, 3.63) is 29.8 Å². The number of carboxylic acid groups (broad SMARTS) is 2. The molecule has 0 aliphatic heterocycles. The molecule has 224 valence electrons. The number of nitrogens with one attached hydrogen (secondary N) is 3. The number of hydrogen-bond donors (Lipinski definition) is 9. The third-order valence-electron chi connectivity index (χ3n) is 6.16. The number of benzene rings is 1. The Kier molecular flexibility index (Phi) is 15.9. The van der Waals surface area contributed by atoms with Crippen molar-refractivity contribution in [1.82, 2.24) is 16.0 Å². The Bertz CT molecular complexity index is 974. The lowest BCUT2D eigenvalue weighted by molar-refractivity contribution is -0.143. The first-order chi connectivity index (χ1) is 19.0. The van der Waals surface area contributed by atoms with E-state index >= 15 is 0 Å². The Labute approximate surface area is 233 Å². The zero-order valence-corrected chi connectivity index (χ0v) is 22.5. The summed E-state index contributed by atoms with van der Waals surface area (Å²) in [4.78, 5) is 61.7. The van der Waals surface area contributed by atoms with E-state index in [0.29, 0.717) is 50.8 Å². The molecule has 0 saturated heterocycles. The molecule has 0 radical (unpaired) electrons. The highest BCUT2D eigenvalue weighted by atomic mass is 16.4. The highest BCUT2D eigenvalue weighted by molar-refractivity contribution is 5.94. The normalized spacial score (nSPS) is 13.9. The van der Waals surface area contributed by atoms with E-state index < -0.39 is 60.2 Å². The topological polar surface area (TPSA) is 260 Å². The van der Waals surface area contributed by atoms with Gasteiger partial charge in [0.2, 0.25) is 17.7 Å². The van der Waals surface area contributed by atoms with Crippen LogP contribution in [0.3, 0.4) is 0 Å². The number of rotatable bonds is 20. The Hall–Kier alpha value is -3.75. The summed E-state index contributed by atoms with van der Waals surface area (Å²) in [6.45, 7) is 0.835. The molecule has 0 aliphatic rings. The molecule has 0 spiro atoms. The molecule has 0 heterocycles. The molecular formula is C26H42N6O8. The molecule has 1 aromatic rings. The summed E-state index contributed by atoms with van der Waals surface area (Å²) < 4.78 is 0. The zero-order chi connectivity index (χ0) is 30.1. The van der Waals surface area contributed by atoms with Crippen LogP contribution >= 0.6 is 0 Å². The highest BCUT2D eigenvalue weighted by Gasteiger charge is 2.30. The van der Waals surface area contributed by atoms with Crippen molar-refractivity contribution in [2.75, 3.05) is 13.1 Å². The Morgan fingerprint density at radius 3 is 1.77 bits per heavy atom. The number of carbonyl (C=O) groups is 5. The van der Waals surface area contributed by atoms with E-state index in [-0.39, 0.29) is 25.0 Å². The summed E-state index contributed by atoms with van der Waals surface area (Å²) in [5.41, 5.74) is 17.6. The van der Waals surface area contributed by atoms with Crippen LogP contribution in [0, 0.1) is 0 Å². The van der Waals surface area contributed by atoms with Crippen LogP contribution in [0.4, 0.5) is 0 Å². The second kappa shape index (κ2) is 18.5. The molecule has 14 heteroatoms. The van der Waals surface area contributed by atoms with E-state index in [0.717, 1.165) is 0 Å². The van der Waals surface area contributed by atoms with Gasteiger partial charge in [0.1, 0.15) is 23.9 Å². The molecule has 14 nitrogen and oxygen atoms in total. The first-order valence-electron chi connectivity index (χ1n) is 13.3. The number of nitrogens with two attached hydrogens (primary N) is 3. The molecule has 0 fully saturated rings. The quantitative estimate of drug-likeness (QED) is 0.0857. The van der Waals surface area contributed by atoms with Gasteiger partial charge in [0, 0.05) is 12.8 Å². The number of aliphatic carboxylic acids is 2. The van der Waals surface area contributed by atoms with Gasteiger partial charge in [0.05, 0.1) is 6.04 Å². The van der Waals surface area contributed by atoms with E-state index in [2.05, 4.69) is 16.0 Å². The van der Waals surface area contributed by atoms with Crippen LogP contribution in [-0.4, -0.2) is 82.2 Å². The molecule has 4 unspecified atom stereocenters. The lowest BCUT2D eigenvalue weighted by Crippen LogP contribution is -2.57. The summed E-state index contributed by atoms with van der Waals surface area (Å²) in [5, 5.41) is 35.4. The third-order valence-corrected chi connectivity index (χ3v) is 6.16. The monoisotopic (exact) mass is 566 g/mol. The maximum atomic E-state index is 13.3. The number of phenols is 1. The van der Waals surface area contributed by atoms with Crippen molar-refractivity contribution in [3.8, 4) is 5.75 Å². The van der Waals surface area contributed by atoms with Crippen molar-refractivity contribution in [1.29, 1.82) is 0 Å². The van der Waals surface area contributed by atoms with E-state index in [1.807, 2.05) is 0 Å². The molecule has 0 aromatic heterocycles. The van der Waals surface area contributed by atoms with Crippen molar-refractivity contribution in [3.63, 3.8) is 0 Å². The minimum Gasteiger partial charge on any atom is -0.508 e. The zero-order valence-electron chi connectivity index (χ0n) is 22.5. The number of carbonyl (C=O) groups excluding carboxylic acids is 3. The fourth-order valence-electron chi connectivity index (χ4n) is 3.83. The second-order valence-electron chi connectivity index (χ2n) is 9.50. The summed E-state index contributed by atoms with van der Waals surface area (Å²) in [7, 11) is 0. The summed E-state index contributed by atoms with van der Waals surface area (Å²) >= 11 is 0. The van der Waals surface area contributed by atoms with Gasteiger partial charge in [-0.05, 0) is 69.3 Å². The van der Waals surface area contributed by atoms with E-state index in [1.165, 1.54) is 24.3 Å². The summed E-state index contributed by atoms with van der Waals surface area (Å²) in [6.07, 6.45) is 2.07. The molecule has 0 aliphatic carbocycles. The first kappa shape index (κ1) is 34.3. The van der Waals surface area contributed by atoms with Crippen molar-refractivity contribution < 1.29 is 39.3 Å². The predicted molar refractivity (Wildman–Crippen MR) is 146 cm³/mol. The SMILES string of the molecule is NCCCCC(N)C(=O)NC(CCCCN)C(=O)NC(Cc1ccc(O)cc1)C(=O)NC(CCC(=O)O)C(=O)O. The minimum absolute atomic E-state index is 0.0149. The van der Waals surface area contributed by atoms with Gasteiger partial charge in [-0.25, -0.2) is 4.79 Å². The number of aromatic hydroxyl groups is 1. The number of amides is 3. The first-order valence-corrected chi connectivity index (χ1v) is 13.3. The van der Waals surface area contributed by atoms with Crippen LogP contribution in [0.25, 0.3) is 0 Å². The van der Waals surface area contributed by atoms with Gasteiger partial charge in [0.25, 0.3) is 0 Å². The predicted octanol–water partition coefficient (Wildman–Crippen LogP) is -1.08. The number of carboxylic acids is 2. The van der Waals surface area contributed by atoms with Crippen LogP contribution in [0.15, 0.2) is 24.3 Å². The number of phenolic OH excluding ortho intramolecular Hbond substituents is 1.